The number of aromatic amines is 1. The molecule has 0 saturated carbocycles. The Morgan fingerprint density at radius 3 is 2.75 bits per heavy atom. The van der Waals surface area contributed by atoms with Crippen molar-refractivity contribution in [2.45, 2.75) is 31.3 Å². The quantitative estimate of drug-likeness (QED) is 0.748. The molecule has 1 atom stereocenters. The van der Waals surface area contributed by atoms with Crippen molar-refractivity contribution in [3.63, 3.8) is 0 Å². The predicted octanol–water partition coefficient (Wildman–Crippen LogP) is 0.611. The number of hydrogen-bond acceptors (Lipinski definition) is 5. The van der Waals surface area contributed by atoms with Crippen molar-refractivity contribution >= 4 is 10.0 Å². The highest BCUT2D eigenvalue weighted by molar-refractivity contribution is 7.89. The topological polar surface area (TPSA) is 114 Å². The highest BCUT2D eigenvalue weighted by atomic mass is 32.2. The second kappa shape index (κ2) is 5.70. The Balaban J connectivity index is 2.24. The third kappa shape index (κ3) is 3.03. The summed E-state index contributed by atoms with van der Waals surface area (Å²) in [6.07, 6.45) is 1.33. The van der Waals surface area contributed by atoms with Gasteiger partial charge < -0.3 is 5.73 Å². The van der Waals surface area contributed by atoms with E-state index in [1.807, 2.05) is 6.92 Å². The van der Waals surface area contributed by atoms with Crippen molar-refractivity contribution in [3.8, 4) is 0 Å². The molecule has 2 rings (SSSR count). The molecule has 2 aromatic rings. The summed E-state index contributed by atoms with van der Waals surface area (Å²) in [4.78, 5) is 4.14. The lowest BCUT2D eigenvalue weighted by Gasteiger charge is -2.13. The van der Waals surface area contributed by atoms with E-state index in [2.05, 4.69) is 19.9 Å². The normalized spacial score (nSPS) is 13.3. The highest BCUT2D eigenvalue weighted by Crippen LogP contribution is 2.17. The van der Waals surface area contributed by atoms with Crippen LogP contribution in [0.4, 0.5) is 0 Å². The van der Waals surface area contributed by atoms with E-state index in [1.165, 1.54) is 6.33 Å². The number of aryl methyl sites for hydroxylation is 1. The van der Waals surface area contributed by atoms with Crippen LogP contribution in [0.1, 0.15) is 29.9 Å². The van der Waals surface area contributed by atoms with Crippen LogP contribution in [0, 0.1) is 6.92 Å². The van der Waals surface area contributed by atoms with E-state index in [9.17, 15) is 8.42 Å². The number of nitrogens with zero attached hydrogens (tertiary/aromatic N) is 2. The molecule has 0 saturated heterocycles. The lowest BCUT2D eigenvalue weighted by molar-refractivity contribution is 0.560. The Labute approximate surface area is 117 Å². The zero-order valence-electron chi connectivity index (χ0n) is 11.3. The summed E-state index contributed by atoms with van der Waals surface area (Å²) < 4.78 is 27.1. The van der Waals surface area contributed by atoms with Gasteiger partial charge in [-0.3, -0.25) is 5.10 Å². The minimum absolute atomic E-state index is 0.207. The van der Waals surface area contributed by atoms with Crippen LogP contribution in [0.2, 0.25) is 0 Å². The van der Waals surface area contributed by atoms with Gasteiger partial charge in [0.2, 0.25) is 10.0 Å². The largest absolute Gasteiger partial charge is 0.326 e. The minimum atomic E-state index is -3.61. The number of hydrogen-bond donors (Lipinski definition) is 3. The molecule has 1 unspecified atom stereocenters. The number of nitrogens with one attached hydrogen (secondary N) is 2. The molecule has 0 spiro atoms. The summed E-state index contributed by atoms with van der Waals surface area (Å²) >= 11 is 0. The maximum absolute atomic E-state index is 12.3. The number of H-pyrrole nitrogens is 1. The first-order chi connectivity index (χ1) is 9.44. The van der Waals surface area contributed by atoms with Gasteiger partial charge in [-0.15, -0.1) is 0 Å². The van der Waals surface area contributed by atoms with E-state index in [0.29, 0.717) is 12.4 Å². The average Bonchev–Trinajstić information content (AvgIpc) is 2.92. The molecule has 0 bridgehead atoms. The number of nitrogens with two attached hydrogens (primary N) is 1. The van der Waals surface area contributed by atoms with Gasteiger partial charge in [0, 0.05) is 6.54 Å². The first-order valence-corrected chi connectivity index (χ1v) is 7.59. The first-order valence-electron chi connectivity index (χ1n) is 6.11. The van der Waals surface area contributed by atoms with Crippen LogP contribution in [0.15, 0.2) is 29.4 Å². The molecule has 7 nitrogen and oxygen atoms in total. The Morgan fingerprint density at radius 1 is 1.45 bits per heavy atom. The van der Waals surface area contributed by atoms with Crippen LogP contribution < -0.4 is 10.5 Å². The number of benzene rings is 1. The van der Waals surface area contributed by atoms with Gasteiger partial charge in [0.1, 0.15) is 12.2 Å². The maximum atomic E-state index is 12.3. The molecule has 0 aliphatic heterocycles. The zero-order chi connectivity index (χ0) is 14.8. The molecule has 4 N–H and O–H groups in total. The molecule has 108 valence electrons. The molecule has 0 aliphatic carbocycles. The fourth-order valence-corrected chi connectivity index (χ4v) is 3.14. The summed E-state index contributed by atoms with van der Waals surface area (Å²) in [6, 6.07) is 4.39. The smallest absolute Gasteiger partial charge is 0.241 e. The van der Waals surface area contributed by atoms with Gasteiger partial charge in [0.15, 0.2) is 0 Å². The van der Waals surface area contributed by atoms with Gasteiger partial charge in [0.25, 0.3) is 0 Å². The van der Waals surface area contributed by atoms with Crippen LogP contribution in [0.3, 0.4) is 0 Å². The van der Waals surface area contributed by atoms with Crippen LogP contribution in [-0.4, -0.2) is 23.6 Å². The summed E-state index contributed by atoms with van der Waals surface area (Å²) in [5.74, 6) is 0.462. The van der Waals surface area contributed by atoms with Gasteiger partial charge in [-0.2, -0.15) is 5.10 Å². The molecular weight excluding hydrogens is 278 g/mol. The molecule has 0 aliphatic rings. The zero-order valence-corrected chi connectivity index (χ0v) is 12.1. The summed E-state index contributed by atoms with van der Waals surface area (Å²) in [5, 5.41) is 6.33. The van der Waals surface area contributed by atoms with Gasteiger partial charge in [-0.25, -0.2) is 18.1 Å². The lowest BCUT2D eigenvalue weighted by Crippen LogP contribution is -2.27. The molecule has 0 radical (unpaired) electrons. The van der Waals surface area contributed by atoms with E-state index >= 15 is 0 Å². The molecule has 20 heavy (non-hydrogen) atoms. The van der Waals surface area contributed by atoms with Crippen molar-refractivity contribution in [1.29, 1.82) is 0 Å². The van der Waals surface area contributed by atoms with Crippen LogP contribution in [0.5, 0.6) is 0 Å². The van der Waals surface area contributed by atoms with Gasteiger partial charge >= 0.3 is 0 Å². The Morgan fingerprint density at radius 2 is 2.20 bits per heavy atom. The second-order valence-electron chi connectivity index (χ2n) is 4.51. The van der Waals surface area contributed by atoms with E-state index in [1.54, 1.807) is 25.1 Å². The number of sulfonamides is 1. The van der Waals surface area contributed by atoms with E-state index in [0.717, 1.165) is 11.1 Å². The molecule has 1 aromatic heterocycles. The van der Waals surface area contributed by atoms with Crippen molar-refractivity contribution < 1.29 is 8.42 Å². The summed E-state index contributed by atoms with van der Waals surface area (Å²) in [5.41, 5.74) is 7.34. The van der Waals surface area contributed by atoms with Crippen LogP contribution in [-0.2, 0) is 16.6 Å². The fraction of sp³-hybridized carbons (Fsp3) is 0.333. The van der Waals surface area contributed by atoms with Gasteiger partial charge in [0.05, 0.1) is 10.9 Å². The maximum Gasteiger partial charge on any atom is 0.241 e. The van der Waals surface area contributed by atoms with Crippen molar-refractivity contribution in [1.82, 2.24) is 19.9 Å². The van der Waals surface area contributed by atoms with E-state index < -0.39 is 16.1 Å². The molecule has 1 heterocycles. The van der Waals surface area contributed by atoms with Gasteiger partial charge in [-0.05, 0) is 37.1 Å². The molecule has 1 aromatic carbocycles. The Bertz CT molecular complexity index is 682. The Hall–Kier alpha value is -1.77. The second-order valence-corrected chi connectivity index (χ2v) is 6.22. The minimum Gasteiger partial charge on any atom is -0.326 e. The van der Waals surface area contributed by atoms with Gasteiger partial charge in [-0.1, -0.05) is 6.07 Å². The molecule has 8 heteroatoms. The first kappa shape index (κ1) is 14.6. The standard InChI is InChI=1S/C12H17N5O2S/c1-8-5-11(4-3-10(8)6-13)20(18,19)17-9(2)12-14-7-15-16-12/h3-5,7,9,17H,6,13H2,1-2H3,(H,14,15,16). The summed E-state index contributed by atoms with van der Waals surface area (Å²) in [6.45, 7) is 3.91. The fourth-order valence-electron chi connectivity index (χ4n) is 1.84. The molecule has 0 fully saturated rings. The predicted molar refractivity (Wildman–Crippen MR) is 74.2 cm³/mol. The van der Waals surface area contributed by atoms with Crippen LogP contribution in [0.25, 0.3) is 0 Å². The van der Waals surface area contributed by atoms with E-state index in [-0.39, 0.29) is 4.90 Å². The Kier molecular flexibility index (Phi) is 4.17. The van der Waals surface area contributed by atoms with E-state index in [4.69, 9.17) is 5.73 Å². The summed E-state index contributed by atoms with van der Waals surface area (Å²) in [7, 11) is -3.61. The van der Waals surface area contributed by atoms with Crippen molar-refractivity contribution in [2.24, 2.45) is 5.73 Å². The average molecular weight is 295 g/mol. The molecule has 0 amide bonds. The highest BCUT2D eigenvalue weighted by Gasteiger charge is 2.20. The van der Waals surface area contributed by atoms with Crippen molar-refractivity contribution in [2.75, 3.05) is 0 Å². The monoisotopic (exact) mass is 295 g/mol. The van der Waals surface area contributed by atoms with Crippen molar-refractivity contribution in [3.05, 3.63) is 41.5 Å². The lowest BCUT2D eigenvalue weighted by atomic mass is 10.1. The third-order valence-electron chi connectivity index (χ3n) is 3.02. The number of rotatable bonds is 5. The SMILES string of the molecule is Cc1cc(S(=O)(=O)NC(C)c2ncn[nH]2)ccc1CN. The molecular formula is C12H17N5O2S. The van der Waals surface area contributed by atoms with Crippen LogP contribution >= 0.6 is 0 Å². The third-order valence-corrected chi connectivity index (χ3v) is 4.56. The number of aromatic nitrogens is 3.